The van der Waals surface area contributed by atoms with Gasteiger partial charge in [-0.2, -0.15) is 0 Å². The monoisotopic (exact) mass is 1190 g/mol. The Morgan fingerprint density at radius 2 is 0.848 bits per heavy atom. The highest BCUT2D eigenvalue weighted by Gasteiger charge is 2.46. The molecule has 0 N–H and O–H groups in total. The molecule has 1 atom stereocenters. The normalized spacial score (nSPS) is 13.5. The number of fused-ring (bicyclic) bond motifs is 8. The molecule has 7 heteroatoms. The Morgan fingerprint density at radius 1 is 0.315 bits per heavy atom. The van der Waals surface area contributed by atoms with Gasteiger partial charge in [-0.25, -0.2) is 0 Å². The van der Waals surface area contributed by atoms with Crippen molar-refractivity contribution >= 4 is 103 Å². The molecular weight excluding hydrogens is 1140 g/mol. The topological polar surface area (TPSA) is 22.2 Å². The zero-order valence-electron chi connectivity index (χ0n) is 50.1. The maximum Gasteiger partial charge on any atom is 0.256 e. The summed E-state index contributed by atoms with van der Waals surface area (Å²) in [5.41, 5.74) is 27.3. The van der Waals surface area contributed by atoms with Gasteiger partial charge in [0.1, 0.15) is 11.5 Å². The minimum Gasteiger partial charge on any atom is -0.458 e. The molecule has 0 spiro atoms. The first-order valence-electron chi connectivity index (χ1n) is 31.5. The average Bonchev–Trinajstić information content (AvgIpc) is 0.697. The molecule has 92 heavy (non-hydrogen) atoms. The Labute approximate surface area is 541 Å². The first kappa shape index (κ1) is 53.5. The van der Waals surface area contributed by atoms with Crippen LogP contribution in [-0.4, -0.2) is 6.71 Å². The van der Waals surface area contributed by atoms with Crippen LogP contribution in [0.2, 0.25) is 0 Å². The Hall–Kier alpha value is -11.5. The van der Waals surface area contributed by atoms with Gasteiger partial charge in [0.2, 0.25) is 0 Å². The van der Waals surface area contributed by atoms with Crippen molar-refractivity contribution in [2.75, 3.05) is 19.6 Å². The fourth-order valence-corrected chi connectivity index (χ4v) is 16.0. The third kappa shape index (κ3) is 8.87. The van der Waals surface area contributed by atoms with Crippen LogP contribution in [0.4, 0.5) is 68.2 Å². The number of hydrogen-bond acceptors (Lipinski definition) is 6. The van der Waals surface area contributed by atoms with E-state index in [0.29, 0.717) is 0 Å². The standard InChI is InChI=1S/C85H57BN4OS/c1-7-27-57(28-8-1)58-47-49-64(50-48-58)88(73-43-23-19-39-67(73)59-29-9-2-10-30-59)65-52-78-85-80(53-65)91-79-46-26-22-42-71(79)86(85)72-55-70-81(56-76(72)90(78)74-44-24-20-40-68(74)60-31-11-3-12-32-60)92-82-54-66(87(61-33-13-4-14-34-61)62-35-15-5-16-36-62)51-77-84(82)83(70)69-41-21-25-45-75(69)89(77)63-37-17-6-18-38-63/h1-56,83H. The lowest BCUT2D eigenvalue weighted by Gasteiger charge is -2.44. The molecule has 14 aromatic rings. The van der Waals surface area contributed by atoms with Gasteiger partial charge < -0.3 is 24.3 Å². The highest BCUT2D eigenvalue weighted by molar-refractivity contribution is 7.99. The number of nitrogens with zero attached hydrogens (tertiary/aromatic N) is 4. The van der Waals surface area contributed by atoms with Crippen molar-refractivity contribution in [2.45, 2.75) is 15.7 Å². The second-order valence-corrected chi connectivity index (χ2v) is 25.0. The van der Waals surface area contributed by atoms with E-state index < -0.39 is 0 Å². The molecule has 0 bridgehead atoms. The summed E-state index contributed by atoms with van der Waals surface area (Å²) in [6, 6.07) is 124. The quantitative estimate of drug-likeness (QED) is 0.120. The molecule has 432 valence electrons. The molecule has 18 rings (SSSR count). The first-order valence-corrected chi connectivity index (χ1v) is 32.4. The second kappa shape index (κ2) is 22.2. The van der Waals surface area contributed by atoms with E-state index in [-0.39, 0.29) is 12.6 Å². The molecule has 1 unspecified atom stereocenters. The van der Waals surface area contributed by atoms with Crippen LogP contribution in [0.3, 0.4) is 0 Å². The van der Waals surface area contributed by atoms with E-state index >= 15 is 0 Å². The molecule has 4 heterocycles. The minimum atomic E-state index is -0.187. The molecule has 0 aliphatic carbocycles. The van der Waals surface area contributed by atoms with E-state index in [4.69, 9.17) is 4.74 Å². The Kier molecular flexibility index (Phi) is 12.9. The van der Waals surface area contributed by atoms with Crippen LogP contribution in [0.25, 0.3) is 33.4 Å². The van der Waals surface area contributed by atoms with Crippen LogP contribution in [-0.2, 0) is 0 Å². The maximum atomic E-state index is 7.45. The molecule has 14 aromatic carbocycles. The van der Waals surface area contributed by atoms with E-state index in [9.17, 15) is 0 Å². The summed E-state index contributed by atoms with van der Waals surface area (Å²) in [4.78, 5) is 12.4. The molecule has 4 aliphatic rings. The zero-order valence-corrected chi connectivity index (χ0v) is 50.9. The van der Waals surface area contributed by atoms with Gasteiger partial charge in [0.15, 0.2) is 0 Å². The average molecular weight is 1190 g/mol. The highest BCUT2D eigenvalue weighted by Crippen LogP contribution is 2.61. The summed E-state index contributed by atoms with van der Waals surface area (Å²) >= 11 is 1.90. The van der Waals surface area contributed by atoms with Gasteiger partial charge in [0.25, 0.3) is 6.71 Å². The van der Waals surface area contributed by atoms with Gasteiger partial charge in [-0.15, -0.1) is 0 Å². The predicted molar refractivity (Wildman–Crippen MR) is 384 cm³/mol. The number of para-hydroxylation sites is 7. The molecule has 0 saturated carbocycles. The van der Waals surface area contributed by atoms with Crippen molar-refractivity contribution in [1.82, 2.24) is 0 Å². The van der Waals surface area contributed by atoms with E-state index in [1.165, 1.54) is 48.9 Å². The van der Waals surface area contributed by atoms with Gasteiger partial charge in [0.05, 0.1) is 28.4 Å². The number of hydrogen-bond donors (Lipinski definition) is 0. The molecule has 0 amide bonds. The minimum absolute atomic E-state index is 0.0939. The van der Waals surface area contributed by atoms with Gasteiger partial charge in [-0.1, -0.05) is 248 Å². The Bertz CT molecular complexity index is 5090. The molecule has 0 radical (unpaired) electrons. The lowest BCUT2D eigenvalue weighted by atomic mass is 9.34. The van der Waals surface area contributed by atoms with Crippen LogP contribution < -0.4 is 40.7 Å². The predicted octanol–water partition coefficient (Wildman–Crippen LogP) is 21.5. The van der Waals surface area contributed by atoms with E-state index in [1.54, 1.807) is 0 Å². The lowest BCUT2D eigenvalue weighted by Crippen LogP contribution is -2.59. The molecule has 5 nitrogen and oxygen atoms in total. The smallest absolute Gasteiger partial charge is 0.256 e. The summed E-state index contributed by atoms with van der Waals surface area (Å²) in [5.74, 6) is 1.59. The van der Waals surface area contributed by atoms with E-state index in [0.717, 1.165) is 107 Å². The maximum absolute atomic E-state index is 7.45. The second-order valence-electron chi connectivity index (χ2n) is 23.9. The Balaban J connectivity index is 0.906. The molecule has 4 aliphatic heterocycles. The molecular formula is C85H57BN4OS. The fourth-order valence-electron chi connectivity index (χ4n) is 14.8. The van der Waals surface area contributed by atoms with Crippen molar-refractivity contribution in [3.8, 4) is 44.9 Å². The van der Waals surface area contributed by atoms with Crippen LogP contribution in [0.15, 0.2) is 350 Å². The van der Waals surface area contributed by atoms with Crippen LogP contribution in [0.1, 0.15) is 22.6 Å². The fraction of sp³-hybridized carbons (Fsp3) is 0.0118. The van der Waals surface area contributed by atoms with Crippen LogP contribution in [0.5, 0.6) is 11.5 Å². The number of rotatable bonds is 11. The zero-order chi connectivity index (χ0) is 60.6. The summed E-state index contributed by atoms with van der Waals surface area (Å²) in [7, 11) is 0. The summed E-state index contributed by atoms with van der Waals surface area (Å²) in [6.07, 6.45) is 0. The third-order valence-corrected chi connectivity index (χ3v) is 19.8. The molecule has 0 aromatic heterocycles. The van der Waals surface area contributed by atoms with Crippen molar-refractivity contribution in [2.24, 2.45) is 0 Å². The number of benzene rings is 14. The van der Waals surface area contributed by atoms with Crippen molar-refractivity contribution in [3.63, 3.8) is 0 Å². The number of anilines is 12. The molecule has 0 fully saturated rings. The van der Waals surface area contributed by atoms with Crippen molar-refractivity contribution in [3.05, 3.63) is 356 Å². The van der Waals surface area contributed by atoms with Gasteiger partial charge >= 0.3 is 0 Å². The van der Waals surface area contributed by atoms with E-state index in [2.05, 4.69) is 359 Å². The number of ether oxygens (including phenoxy) is 1. The van der Waals surface area contributed by atoms with Crippen LogP contribution >= 0.6 is 11.8 Å². The van der Waals surface area contributed by atoms with Crippen molar-refractivity contribution < 1.29 is 4.74 Å². The Morgan fingerprint density at radius 3 is 1.55 bits per heavy atom. The lowest BCUT2D eigenvalue weighted by molar-refractivity contribution is 0.487. The third-order valence-electron chi connectivity index (χ3n) is 18.7. The first-order chi connectivity index (χ1) is 45.7. The van der Waals surface area contributed by atoms with Crippen LogP contribution in [0, 0.1) is 0 Å². The van der Waals surface area contributed by atoms with Gasteiger partial charge in [-0.3, -0.25) is 0 Å². The summed E-state index contributed by atoms with van der Waals surface area (Å²) in [5, 5.41) is 0. The summed E-state index contributed by atoms with van der Waals surface area (Å²) < 4.78 is 7.45. The molecule has 0 saturated heterocycles. The van der Waals surface area contributed by atoms with Gasteiger partial charge in [0, 0.05) is 78.3 Å². The SMILES string of the molecule is c1ccc(-c2ccc(N(c3cc4c5c(c3)N(c3ccccc3-c3ccccc3)c3cc6c(cc3B5c3ccccc3O4)C3c4ccccc4N(c4ccccc4)c4cc(N(c5ccccc5)c5ccccc5)cc(c43)S6)c3ccccc3-c3ccccc3)cc2)cc1. The van der Waals surface area contributed by atoms with Gasteiger partial charge in [-0.05, 0) is 147 Å². The summed E-state index contributed by atoms with van der Waals surface area (Å²) in [6.45, 7) is -0.187. The van der Waals surface area contributed by atoms with E-state index in [1.807, 2.05) is 11.8 Å². The largest absolute Gasteiger partial charge is 0.458 e. The highest BCUT2D eigenvalue weighted by atomic mass is 32.2. The van der Waals surface area contributed by atoms with Crippen molar-refractivity contribution in [1.29, 1.82) is 0 Å².